The summed E-state index contributed by atoms with van der Waals surface area (Å²) in [6.07, 6.45) is 7.17. The lowest BCUT2D eigenvalue weighted by molar-refractivity contribution is 0.355. The SMILES string of the molecule is CCc1ccc(F)cc1N=C(N)c1cnn2cc(-c3cc(OC)c(OC)cc3C)cc2c1N[C@@H]1CC[C@H](N)C1. The number of aromatic nitrogens is 2. The van der Waals surface area contributed by atoms with Crippen molar-refractivity contribution in [3.63, 3.8) is 0 Å². The van der Waals surface area contributed by atoms with Gasteiger partial charge in [0, 0.05) is 23.8 Å². The molecule has 1 aliphatic carbocycles. The Morgan fingerprint density at radius 1 is 1.15 bits per heavy atom. The fraction of sp³-hybridized carbons (Fsp3) is 0.333. The average molecular weight is 531 g/mol. The average Bonchev–Trinajstić information content (AvgIpc) is 3.54. The first-order chi connectivity index (χ1) is 18.8. The van der Waals surface area contributed by atoms with Crippen LogP contribution in [0.3, 0.4) is 0 Å². The van der Waals surface area contributed by atoms with Crippen LogP contribution >= 0.6 is 0 Å². The molecule has 0 bridgehead atoms. The Labute approximate surface area is 227 Å². The van der Waals surface area contributed by atoms with Crippen molar-refractivity contribution < 1.29 is 13.9 Å². The molecule has 0 amide bonds. The van der Waals surface area contributed by atoms with Crippen LogP contribution in [0.5, 0.6) is 11.5 Å². The van der Waals surface area contributed by atoms with Crippen molar-refractivity contribution in [1.82, 2.24) is 9.61 Å². The van der Waals surface area contributed by atoms with Crippen molar-refractivity contribution >= 4 is 22.7 Å². The predicted molar refractivity (Wildman–Crippen MR) is 154 cm³/mol. The van der Waals surface area contributed by atoms with E-state index in [4.69, 9.17) is 20.9 Å². The molecule has 0 aliphatic heterocycles. The molecule has 2 heterocycles. The summed E-state index contributed by atoms with van der Waals surface area (Å²) in [5.41, 5.74) is 19.6. The fourth-order valence-corrected chi connectivity index (χ4v) is 5.32. The molecule has 204 valence electrons. The first kappa shape index (κ1) is 26.5. The van der Waals surface area contributed by atoms with Gasteiger partial charge in [0.2, 0.25) is 0 Å². The number of fused-ring (bicyclic) bond motifs is 1. The van der Waals surface area contributed by atoms with E-state index in [-0.39, 0.29) is 23.7 Å². The van der Waals surface area contributed by atoms with Crippen LogP contribution in [0.4, 0.5) is 15.8 Å². The Balaban J connectivity index is 1.65. The van der Waals surface area contributed by atoms with Gasteiger partial charge in [-0.2, -0.15) is 5.10 Å². The fourth-order valence-electron chi connectivity index (χ4n) is 5.32. The molecule has 2 aromatic carbocycles. The number of methoxy groups -OCH3 is 2. The highest BCUT2D eigenvalue weighted by Gasteiger charge is 2.25. The second kappa shape index (κ2) is 10.9. The zero-order valence-electron chi connectivity index (χ0n) is 22.8. The van der Waals surface area contributed by atoms with E-state index in [0.29, 0.717) is 29.2 Å². The number of benzene rings is 2. The normalized spacial score (nSPS) is 17.5. The lowest BCUT2D eigenvalue weighted by Crippen LogP contribution is -2.24. The summed E-state index contributed by atoms with van der Waals surface area (Å²) in [7, 11) is 3.25. The number of amidine groups is 1. The van der Waals surface area contributed by atoms with Gasteiger partial charge in [0.1, 0.15) is 11.7 Å². The zero-order valence-corrected chi connectivity index (χ0v) is 22.8. The van der Waals surface area contributed by atoms with Crippen LogP contribution < -0.4 is 26.3 Å². The molecule has 0 unspecified atom stereocenters. The number of aryl methyl sites for hydroxylation is 2. The molecule has 0 saturated heterocycles. The number of nitrogens with zero attached hydrogens (tertiary/aromatic N) is 3. The summed E-state index contributed by atoms with van der Waals surface area (Å²) in [5, 5.41) is 8.36. The maximum atomic E-state index is 14.1. The second-order valence-corrected chi connectivity index (χ2v) is 10.1. The zero-order chi connectivity index (χ0) is 27.7. The minimum atomic E-state index is -0.354. The minimum Gasteiger partial charge on any atom is -0.493 e. The first-order valence-corrected chi connectivity index (χ1v) is 13.2. The van der Waals surface area contributed by atoms with Gasteiger partial charge < -0.3 is 26.3 Å². The van der Waals surface area contributed by atoms with Crippen LogP contribution in [-0.2, 0) is 6.42 Å². The van der Waals surface area contributed by atoms with E-state index >= 15 is 0 Å². The summed E-state index contributed by atoms with van der Waals surface area (Å²) in [4.78, 5) is 4.65. The topological polar surface area (TPSA) is 112 Å². The van der Waals surface area contributed by atoms with Gasteiger partial charge >= 0.3 is 0 Å². The van der Waals surface area contributed by atoms with Crippen LogP contribution in [0, 0.1) is 12.7 Å². The van der Waals surface area contributed by atoms with Crippen molar-refractivity contribution in [3.05, 3.63) is 71.3 Å². The molecular formula is C30H35FN6O2. The van der Waals surface area contributed by atoms with Gasteiger partial charge in [-0.25, -0.2) is 13.9 Å². The number of aliphatic imine (C=N–C) groups is 1. The quantitative estimate of drug-likeness (QED) is 0.209. The number of rotatable bonds is 8. The van der Waals surface area contributed by atoms with E-state index in [1.807, 2.05) is 36.7 Å². The van der Waals surface area contributed by atoms with Gasteiger partial charge in [-0.3, -0.25) is 0 Å². The van der Waals surface area contributed by atoms with Crippen molar-refractivity contribution in [3.8, 4) is 22.6 Å². The molecule has 5 rings (SSSR count). The maximum Gasteiger partial charge on any atom is 0.161 e. The number of hydrogen-bond acceptors (Lipinski definition) is 6. The molecule has 2 aromatic heterocycles. The van der Waals surface area contributed by atoms with Gasteiger partial charge in [0.15, 0.2) is 11.5 Å². The van der Waals surface area contributed by atoms with Gasteiger partial charge in [-0.1, -0.05) is 13.0 Å². The Bertz CT molecular complexity index is 1550. The van der Waals surface area contributed by atoms with Crippen LogP contribution in [-0.4, -0.2) is 41.8 Å². The number of ether oxygens (including phenoxy) is 2. The number of halogens is 1. The summed E-state index contributed by atoms with van der Waals surface area (Å²) in [5.74, 6) is 1.24. The maximum absolute atomic E-state index is 14.1. The van der Waals surface area contributed by atoms with E-state index < -0.39 is 0 Å². The number of nitrogens with one attached hydrogen (secondary N) is 1. The molecule has 8 nitrogen and oxygen atoms in total. The number of anilines is 1. The van der Waals surface area contributed by atoms with E-state index in [0.717, 1.165) is 52.7 Å². The summed E-state index contributed by atoms with van der Waals surface area (Å²) in [6.45, 7) is 4.04. The molecule has 1 saturated carbocycles. The van der Waals surface area contributed by atoms with Gasteiger partial charge in [-0.15, -0.1) is 0 Å². The molecule has 39 heavy (non-hydrogen) atoms. The monoisotopic (exact) mass is 530 g/mol. The Morgan fingerprint density at radius 2 is 1.92 bits per heavy atom. The van der Waals surface area contributed by atoms with Crippen LogP contribution in [0.15, 0.2) is 53.8 Å². The molecule has 1 aliphatic rings. The molecule has 1 fully saturated rings. The van der Waals surface area contributed by atoms with Crippen molar-refractivity contribution in [1.29, 1.82) is 0 Å². The first-order valence-electron chi connectivity index (χ1n) is 13.2. The molecule has 0 spiro atoms. The molecule has 0 radical (unpaired) electrons. The summed E-state index contributed by atoms with van der Waals surface area (Å²) < 4.78 is 26.9. The highest BCUT2D eigenvalue weighted by molar-refractivity contribution is 6.06. The third-order valence-electron chi connectivity index (χ3n) is 7.45. The Hall–Kier alpha value is -4.11. The summed E-state index contributed by atoms with van der Waals surface area (Å²) in [6, 6.07) is 11.0. The van der Waals surface area contributed by atoms with Crippen molar-refractivity contribution in [2.45, 2.75) is 51.6 Å². The number of nitrogens with two attached hydrogens (primary N) is 2. The lowest BCUT2D eigenvalue weighted by Gasteiger charge is -2.18. The molecule has 4 aromatic rings. The second-order valence-electron chi connectivity index (χ2n) is 10.1. The van der Waals surface area contributed by atoms with E-state index in [2.05, 4.69) is 21.5 Å². The molecule has 2 atom stereocenters. The Morgan fingerprint density at radius 3 is 2.62 bits per heavy atom. The third-order valence-corrected chi connectivity index (χ3v) is 7.45. The van der Waals surface area contributed by atoms with Gasteiger partial charge in [0.25, 0.3) is 0 Å². The van der Waals surface area contributed by atoms with Crippen molar-refractivity contribution in [2.75, 3.05) is 19.5 Å². The van der Waals surface area contributed by atoms with E-state index in [9.17, 15) is 4.39 Å². The highest BCUT2D eigenvalue weighted by Crippen LogP contribution is 2.38. The van der Waals surface area contributed by atoms with Crippen LogP contribution in [0.25, 0.3) is 16.6 Å². The highest BCUT2D eigenvalue weighted by atomic mass is 19.1. The third kappa shape index (κ3) is 5.27. The molecule has 5 N–H and O–H groups in total. The molecule has 9 heteroatoms. The lowest BCUT2D eigenvalue weighted by atomic mass is 10.0. The predicted octanol–water partition coefficient (Wildman–Crippen LogP) is 5.36. The van der Waals surface area contributed by atoms with Gasteiger partial charge in [-0.05, 0) is 79.6 Å². The minimum absolute atomic E-state index is 0.158. The smallest absolute Gasteiger partial charge is 0.161 e. The van der Waals surface area contributed by atoms with E-state index in [1.54, 1.807) is 26.5 Å². The van der Waals surface area contributed by atoms with Crippen LogP contribution in [0.1, 0.15) is 42.9 Å². The van der Waals surface area contributed by atoms with E-state index in [1.165, 1.54) is 12.1 Å². The van der Waals surface area contributed by atoms with Crippen LogP contribution in [0.2, 0.25) is 0 Å². The molecular weight excluding hydrogens is 495 g/mol. The summed E-state index contributed by atoms with van der Waals surface area (Å²) >= 11 is 0. The standard InChI is InChI=1S/C30H35FN6O2/c1-5-18-6-7-20(31)12-25(18)36-30(33)24-15-34-37-16-19(23-14-28(39-4)27(38-3)10-17(23)2)11-26(37)29(24)35-22-9-8-21(32)13-22/h6-7,10-12,14-16,21-22,35H,5,8-9,13,32H2,1-4H3,(H2,33,36)/t21-,22+/m0/s1. The van der Waals surface area contributed by atoms with Crippen molar-refractivity contribution in [2.24, 2.45) is 16.5 Å². The largest absolute Gasteiger partial charge is 0.493 e. The number of hydrogen-bond donors (Lipinski definition) is 3. The Kier molecular flexibility index (Phi) is 7.43. The van der Waals surface area contributed by atoms with Gasteiger partial charge in [0.05, 0.1) is 42.9 Å².